The standard InChI is InChI=1S/C14H22N4O4/c1-3-17-4-5-20-8-12(17)14(19)18-6-11(7-18)21-9-13-16-15-10(2)22-13/h11-12H,3-9H2,1-2H3. The van der Waals surface area contributed by atoms with E-state index in [-0.39, 0.29) is 18.1 Å². The highest BCUT2D eigenvalue weighted by molar-refractivity contribution is 5.83. The van der Waals surface area contributed by atoms with Crippen molar-refractivity contribution in [2.75, 3.05) is 39.4 Å². The van der Waals surface area contributed by atoms with E-state index >= 15 is 0 Å². The van der Waals surface area contributed by atoms with Gasteiger partial charge in [-0.1, -0.05) is 6.92 Å². The van der Waals surface area contributed by atoms with Crippen molar-refractivity contribution < 1.29 is 18.7 Å². The molecule has 2 aliphatic heterocycles. The number of ether oxygens (including phenoxy) is 2. The second kappa shape index (κ2) is 6.72. The molecule has 1 atom stereocenters. The summed E-state index contributed by atoms with van der Waals surface area (Å²) in [5, 5.41) is 7.63. The first kappa shape index (κ1) is 15.4. The maximum absolute atomic E-state index is 12.5. The molecule has 122 valence electrons. The van der Waals surface area contributed by atoms with Gasteiger partial charge in [0.1, 0.15) is 12.6 Å². The molecule has 2 saturated heterocycles. The van der Waals surface area contributed by atoms with Crippen LogP contribution in [0, 0.1) is 6.92 Å². The van der Waals surface area contributed by atoms with Crippen LogP contribution in [0.15, 0.2) is 4.42 Å². The number of likely N-dealkylation sites (N-methyl/N-ethyl adjacent to an activating group) is 1. The maximum atomic E-state index is 12.5. The number of morpholine rings is 1. The fourth-order valence-corrected chi connectivity index (χ4v) is 2.76. The van der Waals surface area contributed by atoms with Crippen LogP contribution in [0.25, 0.3) is 0 Å². The Labute approximate surface area is 129 Å². The quantitative estimate of drug-likeness (QED) is 0.746. The third-order valence-corrected chi connectivity index (χ3v) is 4.10. The number of aromatic nitrogens is 2. The van der Waals surface area contributed by atoms with Gasteiger partial charge in [0, 0.05) is 26.6 Å². The second-order valence-electron chi connectivity index (χ2n) is 5.61. The Morgan fingerprint density at radius 1 is 1.41 bits per heavy atom. The highest BCUT2D eigenvalue weighted by Crippen LogP contribution is 2.18. The lowest BCUT2D eigenvalue weighted by atomic mass is 10.1. The molecule has 2 fully saturated rings. The SMILES string of the molecule is CCN1CCOCC1C(=O)N1CC(OCc2nnc(C)o2)C1. The Bertz CT molecular complexity index is 515. The number of carbonyl (C=O) groups is 1. The van der Waals surface area contributed by atoms with Crippen LogP contribution in [0.2, 0.25) is 0 Å². The largest absolute Gasteiger partial charge is 0.423 e. The molecule has 0 N–H and O–H groups in total. The molecule has 22 heavy (non-hydrogen) atoms. The third-order valence-electron chi connectivity index (χ3n) is 4.10. The zero-order chi connectivity index (χ0) is 15.5. The van der Waals surface area contributed by atoms with Gasteiger partial charge in [-0.15, -0.1) is 10.2 Å². The Balaban J connectivity index is 1.43. The predicted octanol–water partition coefficient (Wildman–Crippen LogP) is -0.174. The Hall–Kier alpha value is -1.51. The average molecular weight is 310 g/mol. The van der Waals surface area contributed by atoms with E-state index in [0.717, 1.165) is 13.1 Å². The van der Waals surface area contributed by atoms with Crippen molar-refractivity contribution in [3.63, 3.8) is 0 Å². The van der Waals surface area contributed by atoms with Crippen LogP contribution in [0.1, 0.15) is 18.7 Å². The lowest BCUT2D eigenvalue weighted by Crippen LogP contribution is -2.62. The van der Waals surface area contributed by atoms with Crippen LogP contribution in [0.3, 0.4) is 0 Å². The molecule has 3 heterocycles. The molecular formula is C14H22N4O4. The van der Waals surface area contributed by atoms with Crippen LogP contribution < -0.4 is 0 Å². The number of nitrogens with zero attached hydrogens (tertiary/aromatic N) is 4. The van der Waals surface area contributed by atoms with E-state index in [1.54, 1.807) is 6.92 Å². The predicted molar refractivity (Wildman–Crippen MR) is 76.0 cm³/mol. The molecule has 0 radical (unpaired) electrons. The van der Waals surface area contributed by atoms with E-state index in [1.165, 1.54) is 0 Å². The molecule has 1 aromatic rings. The second-order valence-corrected chi connectivity index (χ2v) is 5.61. The van der Waals surface area contributed by atoms with Crippen molar-refractivity contribution in [1.82, 2.24) is 20.0 Å². The van der Waals surface area contributed by atoms with Crippen molar-refractivity contribution in [1.29, 1.82) is 0 Å². The minimum Gasteiger partial charge on any atom is -0.423 e. The molecular weight excluding hydrogens is 288 g/mol. The Morgan fingerprint density at radius 3 is 2.91 bits per heavy atom. The molecule has 1 unspecified atom stereocenters. The topological polar surface area (TPSA) is 80.9 Å². The van der Waals surface area contributed by atoms with E-state index in [9.17, 15) is 4.79 Å². The van der Waals surface area contributed by atoms with Crippen LogP contribution >= 0.6 is 0 Å². The smallest absolute Gasteiger partial charge is 0.242 e. The van der Waals surface area contributed by atoms with Gasteiger partial charge < -0.3 is 18.8 Å². The summed E-state index contributed by atoms with van der Waals surface area (Å²) in [4.78, 5) is 16.5. The van der Waals surface area contributed by atoms with Gasteiger partial charge in [-0.05, 0) is 6.54 Å². The van der Waals surface area contributed by atoms with Crippen LogP contribution in [-0.2, 0) is 20.9 Å². The van der Waals surface area contributed by atoms with Crippen LogP contribution in [0.4, 0.5) is 0 Å². The molecule has 0 aromatic carbocycles. The lowest BCUT2D eigenvalue weighted by molar-refractivity contribution is -0.157. The number of carbonyl (C=O) groups excluding carboxylic acids is 1. The van der Waals surface area contributed by atoms with Crippen molar-refractivity contribution >= 4 is 5.91 Å². The molecule has 1 aromatic heterocycles. The molecule has 3 rings (SSSR count). The fourth-order valence-electron chi connectivity index (χ4n) is 2.76. The van der Waals surface area contributed by atoms with Gasteiger partial charge in [-0.3, -0.25) is 9.69 Å². The number of amides is 1. The molecule has 0 spiro atoms. The van der Waals surface area contributed by atoms with Gasteiger partial charge in [0.15, 0.2) is 0 Å². The third kappa shape index (κ3) is 3.29. The van der Waals surface area contributed by atoms with Gasteiger partial charge in [-0.2, -0.15) is 0 Å². The van der Waals surface area contributed by atoms with Gasteiger partial charge in [-0.25, -0.2) is 0 Å². The van der Waals surface area contributed by atoms with E-state index in [1.807, 2.05) is 4.90 Å². The average Bonchev–Trinajstić information content (AvgIpc) is 2.91. The normalized spacial score (nSPS) is 23.5. The van der Waals surface area contributed by atoms with Gasteiger partial charge in [0.25, 0.3) is 0 Å². The zero-order valence-corrected chi connectivity index (χ0v) is 13.0. The molecule has 8 heteroatoms. The Kier molecular flexibility index (Phi) is 4.70. The summed E-state index contributed by atoms with van der Waals surface area (Å²) in [5.74, 6) is 1.14. The highest BCUT2D eigenvalue weighted by atomic mass is 16.5. The first-order chi connectivity index (χ1) is 10.7. The van der Waals surface area contributed by atoms with Gasteiger partial charge in [0.2, 0.25) is 17.7 Å². The van der Waals surface area contributed by atoms with Crippen LogP contribution in [0.5, 0.6) is 0 Å². The number of rotatable bonds is 5. The molecule has 2 aliphatic rings. The zero-order valence-electron chi connectivity index (χ0n) is 13.0. The van der Waals surface area contributed by atoms with Crippen molar-refractivity contribution in [2.45, 2.75) is 32.6 Å². The first-order valence-electron chi connectivity index (χ1n) is 7.68. The summed E-state index contributed by atoms with van der Waals surface area (Å²) in [6.45, 7) is 8.19. The van der Waals surface area contributed by atoms with Crippen molar-refractivity contribution in [3.05, 3.63) is 11.8 Å². The summed E-state index contributed by atoms with van der Waals surface area (Å²) in [7, 11) is 0. The molecule has 8 nitrogen and oxygen atoms in total. The fraction of sp³-hybridized carbons (Fsp3) is 0.786. The monoisotopic (exact) mass is 310 g/mol. The van der Waals surface area contributed by atoms with Crippen LogP contribution in [-0.4, -0.2) is 77.4 Å². The lowest BCUT2D eigenvalue weighted by Gasteiger charge is -2.43. The van der Waals surface area contributed by atoms with E-state index in [2.05, 4.69) is 22.0 Å². The number of hydrogen-bond donors (Lipinski definition) is 0. The van der Waals surface area contributed by atoms with Gasteiger partial charge in [0.05, 0.1) is 19.3 Å². The number of aryl methyl sites for hydroxylation is 1. The van der Waals surface area contributed by atoms with E-state index in [0.29, 0.717) is 44.7 Å². The van der Waals surface area contributed by atoms with E-state index < -0.39 is 0 Å². The highest BCUT2D eigenvalue weighted by Gasteiger charge is 2.38. The number of hydrogen-bond acceptors (Lipinski definition) is 7. The van der Waals surface area contributed by atoms with Crippen molar-refractivity contribution in [2.24, 2.45) is 0 Å². The minimum atomic E-state index is -0.154. The molecule has 0 saturated carbocycles. The van der Waals surface area contributed by atoms with Gasteiger partial charge >= 0.3 is 0 Å². The molecule has 0 bridgehead atoms. The minimum absolute atomic E-state index is 0.0377. The maximum Gasteiger partial charge on any atom is 0.242 e. The number of likely N-dealkylation sites (tertiary alicyclic amines) is 1. The molecule has 1 amide bonds. The summed E-state index contributed by atoms with van der Waals surface area (Å²) in [6, 6.07) is -0.154. The summed E-state index contributed by atoms with van der Waals surface area (Å²) in [5.41, 5.74) is 0. The first-order valence-corrected chi connectivity index (χ1v) is 7.68. The summed E-state index contributed by atoms with van der Waals surface area (Å²) >= 11 is 0. The summed E-state index contributed by atoms with van der Waals surface area (Å²) in [6.07, 6.45) is 0.0377. The molecule has 0 aliphatic carbocycles. The Morgan fingerprint density at radius 2 is 2.23 bits per heavy atom. The van der Waals surface area contributed by atoms with E-state index in [4.69, 9.17) is 13.9 Å². The summed E-state index contributed by atoms with van der Waals surface area (Å²) < 4.78 is 16.4. The van der Waals surface area contributed by atoms with Crippen molar-refractivity contribution in [3.8, 4) is 0 Å².